The number of aryl methyl sites for hydroxylation is 1. The summed E-state index contributed by atoms with van der Waals surface area (Å²) in [7, 11) is 0. The Morgan fingerprint density at radius 1 is 1.26 bits per heavy atom. The molecule has 4 nitrogen and oxygen atoms in total. The van der Waals surface area contributed by atoms with Crippen LogP contribution in [0.15, 0.2) is 42.5 Å². The molecule has 0 saturated heterocycles. The van der Waals surface area contributed by atoms with Gasteiger partial charge in [0.15, 0.2) is 11.7 Å². The Hall–Kier alpha value is -1.38. The van der Waals surface area contributed by atoms with Gasteiger partial charge in [0.25, 0.3) is 5.91 Å². The van der Waals surface area contributed by atoms with Crippen molar-refractivity contribution in [2.24, 2.45) is 0 Å². The van der Waals surface area contributed by atoms with E-state index in [0.29, 0.717) is 16.5 Å². The van der Waals surface area contributed by atoms with Crippen molar-refractivity contribution in [3.63, 3.8) is 0 Å². The van der Waals surface area contributed by atoms with E-state index in [4.69, 9.17) is 28.6 Å². The van der Waals surface area contributed by atoms with Crippen molar-refractivity contribution in [1.29, 1.82) is 0 Å². The Morgan fingerprint density at radius 2 is 1.96 bits per heavy atom. The van der Waals surface area contributed by atoms with Gasteiger partial charge in [0.1, 0.15) is 5.75 Å². The van der Waals surface area contributed by atoms with Crippen molar-refractivity contribution in [3.8, 4) is 5.75 Å². The van der Waals surface area contributed by atoms with E-state index < -0.39 is 0 Å². The monoisotopic (exact) mass is 460 g/mol. The number of rotatable bonds is 4. The summed E-state index contributed by atoms with van der Waals surface area (Å²) in [6.45, 7) is 1.86. The molecule has 0 aliphatic carbocycles. The smallest absolute Gasteiger partial charge is 0.264 e. The molecule has 23 heavy (non-hydrogen) atoms. The number of halogens is 2. The minimum absolute atomic E-state index is 0.120. The molecular formula is C16H14ClIN2O2S. The van der Waals surface area contributed by atoms with Crippen LogP contribution in [0.25, 0.3) is 0 Å². The summed E-state index contributed by atoms with van der Waals surface area (Å²) in [6, 6.07) is 12.9. The molecule has 0 radical (unpaired) electrons. The van der Waals surface area contributed by atoms with E-state index in [0.717, 1.165) is 9.13 Å². The van der Waals surface area contributed by atoms with Gasteiger partial charge in [-0.05, 0) is 72.1 Å². The van der Waals surface area contributed by atoms with E-state index in [2.05, 4.69) is 33.2 Å². The number of thiocarbonyl (C=S) groups is 1. The standard InChI is InChI=1S/C16H14ClIN2O2S/c1-10-2-5-12(6-3-10)22-9-15(21)20-16(23)19-14-7-4-11(18)8-13(14)17/h2-8H,9H2,1H3,(H2,19,20,21,23). The fourth-order valence-corrected chi connectivity index (χ4v) is 2.82. The predicted octanol–water partition coefficient (Wildman–Crippen LogP) is 4.15. The molecule has 0 heterocycles. The zero-order valence-electron chi connectivity index (χ0n) is 12.2. The number of benzene rings is 2. The molecule has 0 spiro atoms. The molecule has 1 amide bonds. The first-order chi connectivity index (χ1) is 10.9. The molecular weight excluding hydrogens is 447 g/mol. The SMILES string of the molecule is Cc1ccc(OCC(=O)NC(=S)Nc2ccc(I)cc2Cl)cc1. The van der Waals surface area contributed by atoms with Crippen LogP contribution in [0.1, 0.15) is 5.56 Å². The van der Waals surface area contributed by atoms with Crippen LogP contribution >= 0.6 is 46.4 Å². The van der Waals surface area contributed by atoms with Crippen LogP contribution in [0.4, 0.5) is 5.69 Å². The molecule has 2 rings (SSSR count). The second kappa shape index (κ2) is 8.47. The molecule has 7 heteroatoms. The van der Waals surface area contributed by atoms with Crippen LogP contribution in [-0.4, -0.2) is 17.6 Å². The first-order valence-corrected chi connectivity index (χ1v) is 8.56. The topological polar surface area (TPSA) is 50.4 Å². The summed E-state index contributed by atoms with van der Waals surface area (Å²) < 4.78 is 6.40. The van der Waals surface area contributed by atoms with Gasteiger partial charge in [-0.15, -0.1) is 0 Å². The van der Waals surface area contributed by atoms with Crippen LogP contribution in [0.2, 0.25) is 5.02 Å². The average molecular weight is 461 g/mol. The van der Waals surface area contributed by atoms with Gasteiger partial charge in [-0.25, -0.2) is 0 Å². The summed E-state index contributed by atoms with van der Waals surface area (Å²) in [4.78, 5) is 11.8. The fourth-order valence-electron chi connectivity index (χ4n) is 1.69. The maximum atomic E-state index is 11.8. The molecule has 0 aromatic heterocycles. The highest BCUT2D eigenvalue weighted by Crippen LogP contribution is 2.23. The Labute approximate surface area is 158 Å². The molecule has 0 unspecified atom stereocenters. The average Bonchev–Trinajstić information content (AvgIpc) is 2.49. The van der Waals surface area contributed by atoms with Crippen LogP contribution < -0.4 is 15.4 Å². The number of amides is 1. The molecule has 0 aliphatic rings. The molecule has 2 aromatic rings. The number of carbonyl (C=O) groups excluding carboxylic acids is 1. The summed E-state index contributed by atoms with van der Waals surface area (Å²) in [5.74, 6) is 0.287. The maximum absolute atomic E-state index is 11.8. The predicted molar refractivity (Wildman–Crippen MR) is 105 cm³/mol. The third kappa shape index (κ3) is 5.96. The van der Waals surface area contributed by atoms with Crippen molar-refractivity contribution < 1.29 is 9.53 Å². The van der Waals surface area contributed by atoms with Crippen LogP contribution in [0, 0.1) is 10.5 Å². The second-order valence-corrected chi connectivity index (χ2v) is 6.79. The van der Waals surface area contributed by atoms with E-state index >= 15 is 0 Å². The number of hydrogen-bond donors (Lipinski definition) is 2. The summed E-state index contributed by atoms with van der Waals surface area (Å²) >= 11 is 13.4. The molecule has 0 atom stereocenters. The largest absolute Gasteiger partial charge is 0.484 e. The molecule has 0 saturated carbocycles. The molecule has 120 valence electrons. The van der Waals surface area contributed by atoms with Crippen molar-refractivity contribution in [2.45, 2.75) is 6.92 Å². The molecule has 2 N–H and O–H groups in total. The van der Waals surface area contributed by atoms with E-state index in [1.807, 2.05) is 37.3 Å². The Bertz CT molecular complexity index is 723. The zero-order chi connectivity index (χ0) is 16.8. The maximum Gasteiger partial charge on any atom is 0.264 e. The van der Waals surface area contributed by atoms with Crippen LogP contribution in [-0.2, 0) is 4.79 Å². The van der Waals surface area contributed by atoms with Gasteiger partial charge in [0.05, 0.1) is 10.7 Å². The lowest BCUT2D eigenvalue weighted by atomic mass is 10.2. The highest BCUT2D eigenvalue weighted by atomic mass is 127. The van der Waals surface area contributed by atoms with Gasteiger partial charge >= 0.3 is 0 Å². The van der Waals surface area contributed by atoms with Gasteiger partial charge in [0.2, 0.25) is 0 Å². The summed E-state index contributed by atoms with van der Waals surface area (Å²) in [5, 5.41) is 6.13. The van der Waals surface area contributed by atoms with Crippen molar-refractivity contribution in [3.05, 3.63) is 56.6 Å². The second-order valence-electron chi connectivity index (χ2n) is 4.73. The van der Waals surface area contributed by atoms with Crippen molar-refractivity contribution in [1.82, 2.24) is 5.32 Å². The van der Waals surface area contributed by atoms with Crippen molar-refractivity contribution >= 4 is 63.1 Å². The minimum atomic E-state index is -0.343. The molecule has 0 aliphatic heterocycles. The van der Waals surface area contributed by atoms with E-state index in [-0.39, 0.29) is 17.6 Å². The third-order valence-corrected chi connectivity index (χ3v) is 4.01. The quantitative estimate of drug-likeness (QED) is 0.532. The van der Waals surface area contributed by atoms with Gasteiger partial charge in [0, 0.05) is 3.57 Å². The van der Waals surface area contributed by atoms with Crippen LogP contribution in [0.5, 0.6) is 5.75 Å². The third-order valence-electron chi connectivity index (χ3n) is 2.82. The summed E-state index contributed by atoms with van der Waals surface area (Å²) in [6.07, 6.45) is 0. The number of hydrogen-bond acceptors (Lipinski definition) is 3. The number of nitrogens with one attached hydrogen (secondary N) is 2. The van der Waals surface area contributed by atoms with E-state index in [9.17, 15) is 4.79 Å². The van der Waals surface area contributed by atoms with Gasteiger partial charge in [-0.2, -0.15) is 0 Å². The Morgan fingerprint density at radius 3 is 2.61 bits per heavy atom. The van der Waals surface area contributed by atoms with Gasteiger partial charge in [-0.1, -0.05) is 29.3 Å². The lowest BCUT2D eigenvalue weighted by molar-refractivity contribution is -0.121. The van der Waals surface area contributed by atoms with Crippen molar-refractivity contribution in [2.75, 3.05) is 11.9 Å². The highest BCUT2D eigenvalue weighted by molar-refractivity contribution is 14.1. The Kier molecular flexibility index (Phi) is 6.61. The molecule has 0 fully saturated rings. The number of ether oxygens (including phenoxy) is 1. The number of carbonyl (C=O) groups is 1. The minimum Gasteiger partial charge on any atom is -0.484 e. The van der Waals surface area contributed by atoms with Gasteiger partial charge < -0.3 is 10.1 Å². The normalized spacial score (nSPS) is 10.0. The first-order valence-electron chi connectivity index (χ1n) is 6.69. The fraction of sp³-hybridized carbons (Fsp3) is 0.125. The van der Waals surface area contributed by atoms with E-state index in [1.165, 1.54) is 0 Å². The lowest BCUT2D eigenvalue weighted by Gasteiger charge is -2.11. The van der Waals surface area contributed by atoms with Gasteiger partial charge in [-0.3, -0.25) is 10.1 Å². The zero-order valence-corrected chi connectivity index (χ0v) is 16.0. The lowest BCUT2D eigenvalue weighted by Crippen LogP contribution is -2.37. The van der Waals surface area contributed by atoms with Crippen LogP contribution in [0.3, 0.4) is 0 Å². The van der Waals surface area contributed by atoms with E-state index in [1.54, 1.807) is 12.1 Å². The Balaban J connectivity index is 1.82. The molecule has 0 bridgehead atoms. The molecule has 2 aromatic carbocycles. The number of anilines is 1. The summed E-state index contributed by atoms with van der Waals surface area (Å²) in [5.41, 5.74) is 1.76. The first kappa shape index (κ1) is 18.0. The highest BCUT2D eigenvalue weighted by Gasteiger charge is 2.08.